The van der Waals surface area contributed by atoms with Gasteiger partial charge in [0.2, 0.25) is 0 Å². The van der Waals surface area contributed by atoms with Crippen LogP contribution in [0, 0.1) is 5.92 Å². The van der Waals surface area contributed by atoms with Crippen LogP contribution < -0.4 is 10.6 Å². The third kappa shape index (κ3) is 5.35. The van der Waals surface area contributed by atoms with E-state index in [-0.39, 0.29) is 30.7 Å². The minimum atomic E-state index is -1.08. The quantitative estimate of drug-likeness (QED) is 0.406. The summed E-state index contributed by atoms with van der Waals surface area (Å²) in [7, 11) is 0. The van der Waals surface area contributed by atoms with Crippen molar-refractivity contribution >= 4 is 29.3 Å². The third-order valence-electron chi connectivity index (χ3n) is 6.28. The summed E-state index contributed by atoms with van der Waals surface area (Å²) in [6.07, 6.45) is 0.0413. The van der Waals surface area contributed by atoms with Gasteiger partial charge in [-0.05, 0) is 28.2 Å². The molecule has 35 heavy (non-hydrogen) atoms. The number of aliphatic carboxylic acids is 1. The monoisotopic (exact) mass is 493 g/mol. The first-order valence-electron chi connectivity index (χ1n) is 11.5. The lowest BCUT2D eigenvalue weighted by Gasteiger charge is -2.19. The fraction of sp³-hybridized carbons (Fsp3) is 0.308. The summed E-state index contributed by atoms with van der Waals surface area (Å²) in [5, 5.41) is 16.6. The van der Waals surface area contributed by atoms with Crippen molar-refractivity contribution in [2.24, 2.45) is 5.92 Å². The van der Waals surface area contributed by atoms with Crippen LogP contribution in [0.2, 0.25) is 0 Å². The molecule has 0 saturated carbocycles. The maximum absolute atomic E-state index is 12.4. The zero-order valence-electron chi connectivity index (χ0n) is 19.5. The number of nitrogens with one attached hydrogen (secondary N) is 2. The highest BCUT2D eigenvalue weighted by molar-refractivity contribution is 7.09. The van der Waals surface area contributed by atoms with E-state index >= 15 is 0 Å². The van der Waals surface area contributed by atoms with Crippen LogP contribution in [0.5, 0.6) is 0 Å². The molecule has 0 saturated heterocycles. The van der Waals surface area contributed by atoms with Crippen LogP contribution in [0.15, 0.2) is 53.9 Å². The zero-order valence-corrected chi connectivity index (χ0v) is 20.3. The number of carboxylic acids is 1. The van der Waals surface area contributed by atoms with Crippen molar-refractivity contribution in [1.82, 2.24) is 15.6 Å². The molecule has 182 valence electrons. The number of benzene rings is 2. The number of ether oxygens (including phenoxy) is 1. The zero-order chi connectivity index (χ0) is 24.9. The maximum atomic E-state index is 12.4. The number of fused-ring (bicyclic) bond motifs is 3. The Bertz CT molecular complexity index is 1200. The summed E-state index contributed by atoms with van der Waals surface area (Å²) in [4.78, 5) is 40.5. The number of carbonyl (C=O) groups is 3. The van der Waals surface area contributed by atoms with Crippen LogP contribution in [-0.2, 0) is 16.1 Å². The molecule has 1 aromatic heterocycles. The normalized spacial score (nSPS) is 13.9. The lowest BCUT2D eigenvalue weighted by atomic mass is 9.98. The second-order valence-corrected chi connectivity index (χ2v) is 9.42. The molecule has 0 fully saturated rings. The van der Waals surface area contributed by atoms with Crippen LogP contribution in [0.3, 0.4) is 0 Å². The fourth-order valence-corrected chi connectivity index (χ4v) is 4.91. The Labute approximate surface area is 207 Å². The third-order valence-corrected chi connectivity index (χ3v) is 7.13. The Hall–Kier alpha value is -3.72. The molecule has 1 heterocycles. The van der Waals surface area contributed by atoms with Crippen molar-refractivity contribution in [3.63, 3.8) is 0 Å². The molecule has 2 atom stereocenters. The molecule has 0 spiro atoms. The lowest BCUT2D eigenvalue weighted by molar-refractivity contribution is -0.140. The predicted molar refractivity (Wildman–Crippen MR) is 132 cm³/mol. The molecule has 9 heteroatoms. The van der Waals surface area contributed by atoms with Gasteiger partial charge in [0, 0.05) is 11.3 Å². The molecule has 0 aliphatic heterocycles. The highest BCUT2D eigenvalue weighted by Gasteiger charge is 2.29. The number of thiazole rings is 1. The highest BCUT2D eigenvalue weighted by atomic mass is 32.1. The first-order valence-corrected chi connectivity index (χ1v) is 12.3. The molecule has 1 aliphatic carbocycles. The van der Waals surface area contributed by atoms with Crippen LogP contribution in [-0.4, -0.2) is 40.7 Å². The Kier molecular flexibility index (Phi) is 7.45. The fourth-order valence-electron chi connectivity index (χ4n) is 4.19. The van der Waals surface area contributed by atoms with E-state index in [1.165, 1.54) is 11.3 Å². The van der Waals surface area contributed by atoms with Crippen LogP contribution in [0.4, 0.5) is 4.79 Å². The van der Waals surface area contributed by atoms with E-state index in [0.717, 1.165) is 22.3 Å². The molecule has 3 aromatic rings. The van der Waals surface area contributed by atoms with Gasteiger partial charge in [-0.1, -0.05) is 68.8 Å². The number of hydrogen-bond donors (Lipinski definition) is 3. The number of hydrogen-bond acceptors (Lipinski definition) is 6. The summed E-state index contributed by atoms with van der Waals surface area (Å²) < 4.78 is 5.52. The average Bonchev–Trinajstić information content (AvgIpc) is 3.47. The Morgan fingerprint density at radius 3 is 2.31 bits per heavy atom. The van der Waals surface area contributed by atoms with E-state index in [9.17, 15) is 19.5 Å². The van der Waals surface area contributed by atoms with E-state index in [4.69, 9.17) is 4.74 Å². The predicted octanol–water partition coefficient (Wildman–Crippen LogP) is 4.41. The summed E-state index contributed by atoms with van der Waals surface area (Å²) >= 11 is 1.20. The molecule has 0 bridgehead atoms. The van der Waals surface area contributed by atoms with Gasteiger partial charge in [-0.15, -0.1) is 11.3 Å². The van der Waals surface area contributed by atoms with Crippen molar-refractivity contribution in [2.45, 2.75) is 38.8 Å². The van der Waals surface area contributed by atoms with E-state index < -0.39 is 24.0 Å². The molecule has 0 unspecified atom stereocenters. The number of aromatic nitrogens is 1. The minimum absolute atomic E-state index is 0.0315. The number of amides is 2. The van der Waals surface area contributed by atoms with E-state index in [0.29, 0.717) is 11.4 Å². The summed E-state index contributed by atoms with van der Waals surface area (Å²) in [6, 6.07) is 15.2. The Morgan fingerprint density at radius 2 is 1.71 bits per heavy atom. The first-order chi connectivity index (χ1) is 16.9. The van der Waals surface area contributed by atoms with Crippen LogP contribution >= 0.6 is 11.3 Å². The molecule has 3 N–H and O–H groups in total. The second-order valence-electron chi connectivity index (χ2n) is 8.48. The molecule has 4 rings (SSSR count). The molecule has 8 nitrogen and oxygen atoms in total. The number of rotatable bonds is 9. The van der Waals surface area contributed by atoms with Crippen molar-refractivity contribution in [3.05, 3.63) is 75.7 Å². The lowest BCUT2D eigenvalue weighted by Crippen LogP contribution is -2.45. The topological polar surface area (TPSA) is 118 Å². The summed E-state index contributed by atoms with van der Waals surface area (Å²) in [6.45, 7) is 3.94. The van der Waals surface area contributed by atoms with E-state index in [1.807, 2.05) is 31.2 Å². The molecule has 0 radical (unpaired) electrons. The van der Waals surface area contributed by atoms with Gasteiger partial charge in [0.1, 0.15) is 23.4 Å². The number of nitrogens with zero attached hydrogens (tertiary/aromatic N) is 1. The van der Waals surface area contributed by atoms with Gasteiger partial charge in [0.25, 0.3) is 5.91 Å². The SMILES string of the molecule is CC[C@H](C)[C@H](NC(=O)c1csc(CNC(=O)OCC2c3ccccc3-c3ccccc32)n1)C(=O)O. The van der Waals surface area contributed by atoms with E-state index in [2.05, 4.69) is 39.9 Å². The smallest absolute Gasteiger partial charge is 0.407 e. The largest absolute Gasteiger partial charge is 0.480 e. The van der Waals surface area contributed by atoms with Crippen molar-refractivity contribution in [2.75, 3.05) is 6.61 Å². The maximum Gasteiger partial charge on any atom is 0.407 e. The second kappa shape index (κ2) is 10.7. The van der Waals surface area contributed by atoms with Crippen molar-refractivity contribution in [3.8, 4) is 11.1 Å². The van der Waals surface area contributed by atoms with Crippen LogP contribution in [0.1, 0.15) is 52.8 Å². The van der Waals surface area contributed by atoms with Crippen LogP contribution in [0.25, 0.3) is 11.1 Å². The standard InChI is InChI=1S/C26H27N3O5S/c1-3-15(2)23(25(31)32)29-24(30)21-14-35-22(28-21)12-27-26(33)34-13-20-18-10-6-4-8-16(18)17-9-5-7-11-19(17)20/h4-11,14-15,20,23H,3,12-13H2,1-2H3,(H,27,33)(H,29,30)(H,31,32)/t15-,23-/m0/s1. The Morgan fingerprint density at radius 1 is 1.09 bits per heavy atom. The molecule has 2 amide bonds. The van der Waals surface area contributed by atoms with Gasteiger partial charge in [-0.3, -0.25) is 4.79 Å². The molecular formula is C26H27N3O5S. The molecule has 2 aromatic carbocycles. The Balaban J connectivity index is 1.31. The van der Waals surface area contributed by atoms with Gasteiger partial charge in [0.05, 0.1) is 6.54 Å². The van der Waals surface area contributed by atoms with Gasteiger partial charge in [-0.2, -0.15) is 0 Å². The number of alkyl carbamates (subject to hydrolysis) is 1. The van der Waals surface area contributed by atoms with Gasteiger partial charge >= 0.3 is 12.1 Å². The van der Waals surface area contributed by atoms with Gasteiger partial charge in [-0.25, -0.2) is 14.6 Å². The van der Waals surface area contributed by atoms with E-state index in [1.54, 1.807) is 12.3 Å². The van der Waals surface area contributed by atoms with Gasteiger partial charge in [0.15, 0.2) is 0 Å². The minimum Gasteiger partial charge on any atom is -0.480 e. The number of carboxylic acid groups (broad SMARTS) is 1. The van der Waals surface area contributed by atoms with Crippen molar-refractivity contribution in [1.29, 1.82) is 0 Å². The van der Waals surface area contributed by atoms with Crippen molar-refractivity contribution < 1.29 is 24.2 Å². The molecule has 1 aliphatic rings. The highest BCUT2D eigenvalue weighted by Crippen LogP contribution is 2.44. The number of carbonyl (C=O) groups excluding carboxylic acids is 2. The first kappa shape index (κ1) is 24.4. The summed E-state index contributed by atoms with van der Waals surface area (Å²) in [5.41, 5.74) is 4.70. The van der Waals surface area contributed by atoms with Gasteiger partial charge < -0.3 is 20.5 Å². The summed E-state index contributed by atoms with van der Waals surface area (Å²) in [5.74, 6) is -1.89. The average molecular weight is 494 g/mol. The molecular weight excluding hydrogens is 466 g/mol.